The van der Waals surface area contributed by atoms with Gasteiger partial charge >= 0.3 is 0 Å². The molecule has 3 aromatic carbocycles. The Bertz CT molecular complexity index is 1180. The lowest BCUT2D eigenvalue weighted by atomic mass is 10.0. The summed E-state index contributed by atoms with van der Waals surface area (Å²) in [7, 11) is 2.06. The summed E-state index contributed by atoms with van der Waals surface area (Å²) >= 11 is 0. The van der Waals surface area contributed by atoms with E-state index < -0.39 is 6.10 Å². The maximum Gasteiger partial charge on any atom is 0.207 e. The number of aliphatic hydroxyl groups is 1. The van der Waals surface area contributed by atoms with Crippen LogP contribution in [0.4, 0.5) is 0 Å². The molecule has 0 saturated carbocycles. The van der Waals surface area contributed by atoms with Gasteiger partial charge in [-0.3, -0.25) is 0 Å². The zero-order valence-electron chi connectivity index (χ0n) is 22.6. The first-order valence-electron chi connectivity index (χ1n) is 13.0. The fourth-order valence-corrected chi connectivity index (χ4v) is 4.40. The second kappa shape index (κ2) is 13.0. The highest BCUT2D eigenvalue weighted by molar-refractivity contribution is 6.05. The average molecular weight is 482 g/mol. The van der Waals surface area contributed by atoms with Gasteiger partial charge < -0.3 is 10.0 Å². The molecule has 0 fully saturated rings. The Hall–Kier alpha value is -3.43. The molecule has 0 unspecified atom stereocenters. The van der Waals surface area contributed by atoms with Gasteiger partial charge in [-0.05, 0) is 64.0 Å². The molecular formula is C33H41N2O+. The van der Waals surface area contributed by atoms with Crippen LogP contribution in [0.25, 0.3) is 5.70 Å². The smallest absolute Gasteiger partial charge is 0.207 e. The van der Waals surface area contributed by atoms with Crippen LogP contribution in [0, 0.1) is 13.8 Å². The van der Waals surface area contributed by atoms with Gasteiger partial charge in [0, 0.05) is 24.4 Å². The van der Waals surface area contributed by atoms with Gasteiger partial charge in [-0.2, -0.15) is 0 Å². The number of aryl methyl sites for hydroxylation is 2. The number of rotatable bonds is 10. The van der Waals surface area contributed by atoms with E-state index in [-0.39, 0.29) is 6.04 Å². The van der Waals surface area contributed by atoms with Crippen LogP contribution in [0.1, 0.15) is 54.7 Å². The second-order valence-electron chi connectivity index (χ2n) is 9.41. The van der Waals surface area contributed by atoms with Gasteiger partial charge in [0.2, 0.25) is 5.71 Å². The predicted molar refractivity (Wildman–Crippen MR) is 154 cm³/mol. The predicted octanol–water partition coefficient (Wildman–Crippen LogP) is 6.80. The summed E-state index contributed by atoms with van der Waals surface area (Å²) in [5.41, 5.74) is 8.02. The highest BCUT2D eigenvalue weighted by Gasteiger charge is 2.22. The Morgan fingerprint density at radius 3 is 1.89 bits per heavy atom. The number of benzene rings is 3. The Labute approximate surface area is 217 Å². The van der Waals surface area contributed by atoms with Crippen LogP contribution in [-0.4, -0.2) is 46.5 Å². The minimum absolute atomic E-state index is 0.114. The van der Waals surface area contributed by atoms with Gasteiger partial charge in [-0.15, -0.1) is 0 Å². The van der Waals surface area contributed by atoms with E-state index >= 15 is 0 Å². The van der Waals surface area contributed by atoms with Crippen LogP contribution in [0.3, 0.4) is 0 Å². The van der Waals surface area contributed by atoms with Crippen LogP contribution in [-0.2, 0) is 0 Å². The van der Waals surface area contributed by atoms with Crippen molar-refractivity contribution in [1.29, 1.82) is 0 Å². The molecule has 2 atom stereocenters. The molecule has 0 saturated heterocycles. The molecule has 3 heteroatoms. The molecule has 3 aromatic rings. The number of nitrogens with zero attached hydrogens (tertiary/aromatic N) is 2. The molecule has 36 heavy (non-hydrogen) atoms. The first-order chi connectivity index (χ1) is 17.3. The van der Waals surface area contributed by atoms with Crippen LogP contribution >= 0.6 is 0 Å². The van der Waals surface area contributed by atoms with Gasteiger partial charge in [0.25, 0.3) is 0 Å². The monoisotopic (exact) mass is 481 g/mol. The first-order valence-corrected chi connectivity index (χ1v) is 13.0. The minimum atomic E-state index is -0.598. The third kappa shape index (κ3) is 6.83. The van der Waals surface area contributed by atoms with Gasteiger partial charge in [-0.25, -0.2) is 4.58 Å². The maximum absolute atomic E-state index is 11.1. The van der Waals surface area contributed by atoms with Crippen molar-refractivity contribution in [3.05, 3.63) is 125 Å². The minimum Gasteiger partial charge on any atom is -0.386 e. The van der Waals surface area contributed by atoms with E-state index in [1.807, 2.05) is 30.3 Å². The van der Waals surface area contributed by atoms with E-state index in [4.69, 9.17) is 0 Å². The third-order valence-corrected chi connectivity index (χ3v) is 6.90. The highest BCUT2D eigenvalue weighted by Crippen LogP contribution is 2.27. The van der Waals surface area contributed by atoms with E-state index in [0.29, 0.717) is 0 Å². The summed E-state index contributed by atoms with van der Waals surface area (Å²) in [6, 6.07) is 27.1. The number of hydrogen-bond acceptors (Lipinski definition) is 2. The fraction of sp³-hybridized carbons (Fsp3) is 0.303. The summed E-state index contributed by atoms with van der Waals surface area (Å²) in [6.45, 7) is 12.6. The summed E-state index contributed by atoms with van der Waals surface area (Å²) in [4.78, 5) is 2.18. The molecular weight excluding hydrogens is 440 g/mol. The van der Waals surface area contributed by atoms with E-state index in [9.17, 15) is 5.11 Å². The number of allylic oxidation sites excluding steroid dienone is 3. The Kier molecular flexibility index (Phi) is 9.84. The number of hydrogen-bond donors (Lipinski definition) is 1. The quantitative estimate of drug-likeness (QED) is 0.196. The van der Waals surface area contributed by atoms with Crippen molar-refractivity contribution >= 4 is 11.4 Å². The molecule has 0 spiro atoms. The number of aliphatic hydroxyl groups excluding tert-OH is 1. The molecule has 0 aliphatic carbocycles. The average Bonchev–Trinajstić information content (AvgIpc) is 2.91. The summed E-state index contributed by atoms with van der Waals surface area (Å²) < 4.78 is 2.38. The van der Waals surface area contributed by atoms with Crippen molar-refractivity contribution in [3.63, 3.8) is 0 Å². The Morgan fingerprint density at radius 1 is 0.833 bits per heavy atom. The number of likely N-dealkylation sites (N-methyl/N-ethyl adjacent to an activating group) is 1. The van der Waals surface area contributed by atoms with E-state index in [1.54, 1.807) is 0 Å². The Morgan fingerprint density at radius 2 is 1.36 bits per heavy atom. The maximum atomic E-state index is 11.1. The molecule has 0 radical (unpaired) electrons. The normalized spacial score (nSPS) is 13.5. The van der Waals surface area contributed by atoms with Crippen molar-refractivity contribution in [2.75, 3.05) is 20.1 Å². The molecule has 1 N–H and O–H groups in total. The molecule has 3 rings (SSSR count). The SMILES string of the molecule is CC[N+](CC)=C(/C=C/C=C(\c1ccc(C)cc1)N(C)[C@@H](C)[C@H](O)c1ccccc1)c1ccc(C)cc1. The van der Waals surface area contributed by atoms with Crippen molar-refractivity contribution in [2.24, 2.45) is 0 Å². The van der Waals surface area contributed by atoms with E-state index in [0.717, 1.165) is 29.9 Å². The van der Waals surface area contributed by atoms with Crippen LogP contribution in [0.15, 0.2) is 97.1 Å². The lowest BCUT2D eigenvalue weighted by Gasteiger charge is -2.33. The lowest BCUT2D eigenvalue weighted by molar-refractivity contribution is -0.519. The molecule has 0 aromatic heterocycles. The Balaban J connectivity index is 2.01. The lowest BCUT2D eigenvalue weighted by Crippen LogP contribution is -2.33. The van der Waals surface area contributed by atoms with Crippen molar-refractivity contribution < 1.29 is 9.68 Å². The summed E-state index contributed by atoms with van der Waals surface area (Å²) in [5.74, 6) is 0. The van der Waals surface area contributed by atoms with Gasteiger partial charge in [0.1, 0.15) is 13.1 Å². The topological polar surface area (TPSA) is 26.5 Å². The summed E-state index contributed by atoms with van der Waals surface area (Å²) in [5, 5.41) is 11.1. The molecule has 0 amide bonds. The largest absolute Gasteiger partial charge is 0.386 e. The first kappa shape index (κ1) is 27.2. The van der Waals surface area contributed by atoms with E-state index in [1.165, 1.54) is 22.4 Å². The molecule has 0 aliphatic heterocycles. The zero-order valence-corrected chi connectivity index (χ0v) is 22.6. The molecule has 0 aliphatic rings. The molecule has 188 valence electrons. The fourth-order valence-electron chi connectivity index (χ4n) is 4.40. The molecule has 3 nitrogen and oxygen atoms in total. The van der Waals surface area contributed by atoms with Crippen LogP contribution in [0.2, 0.25) is 0 Å². The van der Waals surface area contributed by atoms with Crippen molar-refractivity contribution in [1.82, 2.24) is 4.90 Å². The third-order valence-electron chi connectivity index (χ3n) is 6.90. The van der Waals surface area contributed by atoms with Crippen LogP contribution < -0.4 is 0 Å². The summed E-state index contributed by atoms with van der Waals surface area (Å²) in [6.07, 6.45) is 5.91. The standard InChI is InChI=1S/C33H41N2O/c1-7-35(8-2)32(29-23-19-26(4)20-24-29)16-12-15-31(28-21-17-25(3)18-22-28)34(6)27(5)33(36)30-13-10-9-11-14-30/h9-24,27,33,36H,7-8H2,1-6H3/q+1/t27-,33-/m0/s1. The zero-order chi connectivity index (χ0) is 26.1. The molecule has 0 bridgehead atoms. The van der Waals surface area contributed by atoms with Gasteiger partial charge in [0.05, 0.1) is 12.1 Å². The van der Waals surface area contributed by atoms with Crippen molar-refractivity contribution in [3.8, 4) is 0 Å². The van der Waals surface area contributed by atoms with Gasteiger partial charge in [0.15, 0.2) is 0 Å². The molecule has 0 heterocycles. The van der Waals surface area contributed by atoms with E-state index in [2.05, 4.69) is 118 Å². The van der Waals surface area contributed by atoms with Crippen molar-refractivity contribution in [2.45, 2.75) is 46.8 Å². The highest BCUT2D eigenvalue weighted by atomic mass is 16.3. The second-order valence-corrected chi connectivity index (χ2v) is 9.41. The van der Waals surface area contributed by atoms with Gasteiger partial charge in [-0.1, -0.05) is 83.9 Å². The van der Waals surface area contributed by atoms with Crippen LogP contribution in [0.5, 0.6) is 0 Å².